The number of nitrogens with zero attached hydrogens (tertiary/aromatic N) is 1. The number of rotatable bonds is 8. The largest absolute Gasteiger partial charge is 0.481 e. The van der Waals surface area contributed by atoms with E-state index >= 15 is 0 Å². The van der Waals surface area contributed by atoms with E-state index in [-0.39, 0.29) is 29.3 Å². The van der Waals surface area contributed by atoms with Crippen LogP contribution < -0.4 is 5.32 Å². The van der Waals surface area contributed by atoms with Crippen molar-refractivity contribution in [2.24, 2.45) is 23.7 Å². The van der Waals surface area contributed by atoms with Crippen molar-refractivity contribution >= 4 is 56.7 Å². The number of benzene rings is 3. The fourth-order valence-electron chi connectivity index (χ4n) is 5.47. The Hall–Kier alpha value is -3.75. The molecule has 1 amide bonds. The monoisotopic (exact) mass is 540 g/mol. The number of hydrogen-bond donors (Lipinski definition) is 2. The van der Waals surface area contributed by atoms with Gasteiger partial charge < -0.3 is 10.4 Å². The molecule has 190 valence electrons. The molecule has 0 spiro atoms. The number of ketones is 1. The third-order valence-electron chi connectivity index (χ3n) is 7.32. The van der Waals surface area contributed by atoms with Crippen LogP contribution >= 0.6 is 23.1 Å². The number of thiazole rings is 1. The fourth-order valence-corrected chi connectivity index (χ4v) is 7.48. The molecule has 0 saturated heterocycles. The van der Waals surface area contributed by atoms with Crippen LogP contribution in [0.5, 0.6) is 0 Å². The number of carboxylic acids is 1. The first kappa shape index (κ1) is 24.6. The van der Waals surface area contributed by atoms with Gasteiger partial charge in [-0.25, -0.2) is 4.98 Å². The first-order valence-corrected chi connectivity index (χ1v) is 14.2. The Morgan fingerprint density at radius 3 is 2.37 bits per heavy atom. The number of carbonyl (C=O) groups is 3. The zero-order valence-electron chi connectivity index (χ0n) is 20.2. The molecule has 1 heterocycles. The van der Waals surface area contributed by atoms with Crippen LogP contribution in [0.25, 0.3) is 21.3 Å². The van der Waals surface area contributed by atoms with E-state index in [1.165, 1.54) is 23.1 Å². The van der Waals surface area contributed by atoms with E-state index in [1.54, 1.807) is 6.07 Å². The van der Waals surface area contributed by atoms with Crippen LogP contribution in [0.1, 0.15) is 16.8 Å². The van der Waals surface area contributed by atoms with Gasteiger partial charge >= 0.3 is 5.97 Å². The Bertz CT molecular complexity index is 1560. The molecular weight excluding hydrogens is 516 g/mol. The minimum Gasteiger partial charge on any atom is -0.481 e. The number of carboxylic acid groups (broad SMARTS) is 1. The van der Waals surface area contributed by atoms with Gasteiger partial charge in [-0.3, -0.25) is 14.4 Å². The number of allylic oxidation sites excluding steroid dienone is 2. The van der Waals surface area contributed by atoms with Crippen molar-refractivity contribution in [3.8, 4) is 11.1 Å². The lowest BCUT2D eigenvalue weighted by molar-refractivity contribution is -0.146. The van der Waals surface area contributed by atoms with Gasteiger partial charge in [-0.1, -0.05) is 78.5 Å². The average Bonchev–Trinajstić information content (AvgIpc) is 3.66. The van der Waals surface area contributed by atoms with Crippen LogP contribution in [-0.2, 0) is 9.59 Å². The van der Waals surface area contributed by atoms with Crippen LogP contribution in [0, 0.1) is 23.7 Å². The maximum atomic E-state index is 13.0. The molecule has 4 aromatic rings. The topological polar surface area (TPSA) is 96.4 Å². The first-order chi connectivity index (χ1) is 18.5. The SMILES string of the molecule is O=C(CSc1nc2ccc(NC(=O)[C@H]3[C@H](C(=O)O)[C@H]4C=C[C@H]3C4)cc2s1)c1ccc(-c2ccccc2)cc1. The highest BCUT2D eigenvalue weighted by atomic mass is 32.2. The zero-order chi connectivity index (χ0) is 26.2. The predicted octanol–water partition coefficient (Wildman–Crippen LogP) is 6.40. The Balaban J connectivity index is 1.10. The summed E-state index contributed by atoms with van der Waals surface area (Å²) in [5.41, 5.74) is 4.26. The Kier molecular flexibility index (Phi) is 6.59. The minimum atomic E-state index is -0.914. The number of fused-ring (bicyclic) bond motifs is 3. The molecule has 8 heteroatoms. The Morgan fingerprint density at radius 1 is 0.921 bits per heavy atom. The summed E-state index contributed by atoms with van der Waals surface area (Å²) in [6.45, 7) is 0. The third kappa shape index (κ3) is 4.77. The third-order valence-corrected chi connectivity index (χ3v) is 9.49. The van der Waals surface area contributed by atoms with Crippen molar-refractivity contribution in [1.82, 2.24) is 4.98 Å². The molecule has 2 N–H and O–H groups in total. The number of anilines is 1. The standard InChI is InChI=1S/C30H24N2O4S2/c33-24(19-8-6-18(7-9-19)17-4-2-1-3-5-17)16-37-30-32-23-13-12-22(15-25(23)38-30)31-28(34)26-20-10-11-21(14-20)27(26)29(35)36/h1-13,15,20-21,26-27H,14,16H2,(H,31,34)(H,35,36)/t20-,21-,26+,27+/m0/s1. The normalized spacial score (nSPS) is 21.6. The molecule has 2 aliphatic carbocycles. The van der Waals surface area contributed by atoms with E-state index in [1.807, 2.05) is 78.9 Å². The number of amides is 1. The molecule has 1 aromatic heterocycles. The van der Waals surface area contributed by atoms with Gasteiger partial charge in [-0.2, -0.15) is 0 Å². The fraction of sp³-hybridized carbons (Fsp3) is 0.200. The van der Waals surface area contributed by atoms with Crippen molar-refractivity contribution in [1.29, 1.82) is 0 Å². The molecule has 3 aromatic carbocycles. The Labute approximate surface area is 227 Å². The lowest BCUT2D eigenvalue weighted by atomic mass is 9.82. The van der Waals surface area contributed by atoms with Crippen LogP contribution in [0.4, 0.5) is 5.69 Å². The predicted molar refractivity (Wildman–Crippen MR) is 151 cm³/mol. The number of aliphatic carboxylic acids is 1. The van der Waals surface area contributed by atoms with Gasteiger partial charge in [0.05, 0.1) is 27.8 Å². The van der Waals surface area contributed by atoms with E-state index < -0.39 is 17.8 Å². The molecule has 38 heavy (non-hydrogen) atoms. The van der Waals surface area contributed by atoms with Gasteiger partial charge in [0, 0.05) is 11.3 Å². The van der Waals surface area contributed by atoms with Crippen molar-refractivity contribution in [2.75, 3.05) is 11.1 Å². The van der Waals surface area contributed by atoms with E-state index in [4.69, 9.17) is 0 Å². The summed E-state index contributed by atoms with van der Waals surface area (Å²) in [4.78, 5) is 42.2. The summed E-state index contributed by atoms with van der Waals surface area (Å²) in [6, 6.07) is 23.2. The number of carbonyl (C=O) groups excluding carboxylic acids is 2. The molecular formula is C30H24N2O4S2. The molecule has 0 unspecified atom stereocenters. The first-order valence-electron chi connectivity index (χ1n) is 12.4. The summed E-state index contributed by atoms with van der Waals surface area (Å²) >= 11 is 2.87. The van der Waals surface area contributed by atoms with E-state index in [0.717, 1.165) is 32.1 Å². The van der Waals surface area contributed by atoms with E-state index in [9.17, 15) is 19.5 Å². The molecule has 4 atom stereocenters. The second-order valence-electron chi connectivity index (χ2n) is 9.64. The summed E-state index contributed by atoms with van der Waals surface area (Å²) < 4.78 is 1.68. The van der Waals surface area contributed by atoms with Crippen LogP contribution in [0.3, 0.4) is 0 Å². The van der Waals surface area contributed by atoms with Gasteiger partial charge in [0.25, 0.3) is 0 Å². The van der Waals surface area contributed by atoms with Crippen molar-refractivity contribution in [3.63, 3.8) is 0 Å². The van der Waals surface area contributed by atoms with Gasteiger partial charge in [0.15, 0.2) is 10.1 Å². The lowest BCUT2D eigenvalue weighted by Gasteiger charge is -2.23. The number of aromatic nitrogens is 1. The molecule has 1 fully saturated rings. The molecule has 1 saturated carbocycles. The van der Waals surface area contributed by atoms with Gasteiger partial charge in [-0.05, 0) is 47.6 Å². The average molecular weight is 541 g/mol. The molecule has 6 nitrogen and oxygen atoms in total. The van der Waals surface area contributed by atoms with Crippen molar-refractivity contribution in [2.45, 2.75) is 10.8 Å². The summed E-state index contributed by atoms with van der Waals surface area (Å²) in [6.07, 6.45) is 4.63. The maximum Gasteiger partial charge on any atom is 0.307 e. The summed E-state index contributed by atoms with van der Waals surface area (Å²) in [7, 11) is 0. The maximum absolute atomic E-state index is 13.0. The quantitative estimate of drug-likeness (QED) is 0.153. The zero-order valence-corrected chi connectivity index (χ0v) is 21.9. The lowest BCUT2D eigenvalue weighted by Crippen LogP contribution is -2.36. The number of thioether (sulfide) groups is 1. The van der Waals surface area contributed by atoms with E-state index in [2.05, 4.69) is 10.3 Å². The molecule has 6 rings (SSSR count). The highest BCUT2D eigenvalue weighted by Gasteiger charge is 2.51. The molecule has 2 aliphatic rings. The smallest absolute Gasteiger partial charge is 0.307 e. The van der Waals surface area contributed by atoms with Gasteiger partial charge in [0.2, 0.25) is 5.91 Å². The van der Waals surface area contributed by atoms with Crippen LogP contribution in [-0.4, -0.2) is 33.5 Å². The van der Waals surface area contributed by atoms with Gasteiger partial charge in [-0.15, -0.1) is 11.3 Å². The molecule has 0 aliphatic heterocycles. The minimum absolute atomic E-state index is 0.0247. The van der Waals surface area contributed by atoms with Gasteiger partial charge in [0.1, 0.15) is 0 Å². The number of nitrogens with one attached hydrogen (secondary N) is 1. The highest BCUT2D eigenvalue weighted by Crippen LogP contribution is 2.48. The summed E-state index contributed by atoms with van der Waals surface area (Å²) in [5, 5.41) is 12.6. The summed E-state index contributed by atoms with van der Waals surface area (Å²) in [5.74, 6) is -2.17. The Morgan fingerprint density at radius 2 is 1.63 bits per heavy atom. The second kappa shape index (κ2) is 10.2. The second-order valence-corrected chi connectivity index (χ2v) is 11.9. The van der Waals surface area contributed by atoms with E-state index in [0.29, 0.717) is 11.3 Å². The highest BCUT2D eigenvalue weighted by molar-refractivity contribution is 8.01. The molecule has 0 radical (unpaired) electrons. The molecule has 2 bridgehead atoms. The number of hydrogen-bond acceptors (Lipinski definition) is 6. The number of Topliss-reactive ketones (excluding diaryl/α,β-unsaturated/α-hetero) is 1. The van der Waals surface area contributed by atoms with Crippen molar-refractivity contribution < 1.29 is 19.5 Å². The van der Waals surface area contributed by atoms with Crippen molar-refractivity contribution in [3.05, 3.63) is 90.5 Å². The van der Waals surface area contributed by atoms with Crippen LogP contribution in [0.15, 0.2) is 89.3 Å². The van der Waals surface area contributed by atoms with Crippen LogP contribution in [0.2, 0.25) is 0 Å².